The molecule has 8 heteroatoms. The van der Waals surface area contributed by atoms with Crippen LogP contribution >= 0.6 is 0 Å². The molecule has 3 N–H and O–H groups in total. The maximum absolute atomic E-state index is 12.8. The van der Waals surface area contributed by atoms with E-state index in [1.807, 2.05) is 0 Å². The molecule has 1 unspecified atom stereocenters. The Morgan fingerprint density at radius 2 is 1.90 bits per heavy atom. The Labute approximate surface area is 121 Å². The van der Waals surface area contributed by atoms with Crippen LogP contribution in [0, 0.1) is 0 Å². The molecule has 0 bridgehead atoms. The number of halogens is 3. The minimum absolute atomic E-state index is 0.0480. The summed E-state index contributed by atoms with van der Waals surface area (Å²) in [5.41, 5.74) is -1.91. The lowest BCUT2D eigenvalue weighted by molar-refractivity contribution is -0.137. The van der Waals surface area contributed by atoms with Crippen molar-refractivity contribution >= 4 is 11.6 Å². The molecule has 1 atom stereocenters. The van der Waals surface area contributed by atoms with Crippen LogP contribution in [-0.4, -0.2) is 43.0 Å². The van der Waals surface area contributed by atoms with Crippen molar-refractivity contribution in [3.8, 4) is 0 Å². The van der Waals surface area contributed by atoms with Gasteiger partial charge in [0, 0.05) is 33.7 Å². The molecule has 0 aliphatic rings. The van der Waals surface area contributed by atoms with E-state index in [1.54, 1.807) is 6.92 Å². The Balaban J connectivity index is 2.83. The number of aromatic nitrogens is 1. The predicted molar refractivity (Wildman–Crippen MR) is 74.4 cm³/mol. The summed E-state index contributed by atoms with van der Waals surface area (Å²) in [7, 11) is 3.00. The van der Waals surface area contributed by atoms with E-state index in [9.17, 15) is 18.3 Å². The Kier molecular flexibility index (Phi) is 5.79. The normalized spacial score (nSPS) is 14.6. The Bertz CT molecular complexity index is 464. The molecular weight excluding hydrogens is 287 g/mol. The van der Waals surface area contributed by atoms with Gasteiger partial charge in [0.2, 0.25) is 0 Å². The molecule has 0 amide bonds. The lowest BCUT2D eigenvalue weighted by atomic mass is 10.0. The summed E-state index contributed by atoms with van der Waals surface area (Å²) >= 11 is 0. The van der Waals surface area contributed by atoms with Crippen molar-refractivity contribution < 1.29 is 23.0 Å². The monoisotopic (exact) mass is 307 g/mol. The minimum Gasteiger partial charge on any atom is -0.388 e. The molecule has 0 aromatic carbocycles. The molecule has 0 radical (unpaired) electrons. The van der Waals surface area contributed by atoms with Crippen LogP contribution in [0.25, 0.3) is 0 Å². The summed E-state index contributed by atoms with van der Waals surface area (Å²) in [6.45, 7) is 1.99. The van der Waals surface area contributed by atoms with Gasteiger partial charge in [-0.15, -0.1) is 0 Å². The van der Waals surface area contributed by atoms with Gasteiger partial charge >= 0.3 is 6.18 Å². The molecule has 0 spiro atoms. The zero-order valence-corrected chi connectivity index (χ0v) is 12.2. The molecule has 0 fully saturated rings. The second-order valence-corrected chi connectivity index (χ2v) is 4.97. The summed E-state index contributed by atoms with van der Waals surface area (Å²) in [4.78, 5) is 3.98. The van der Waals surface area contributed by atoms with E-state index in [4.69, 9.17) is 4.74 Å². The van der Waals surface area contributed by atoms with E-state index in [2.05, 4.69) is 15.6 Å². The Morgan fingerprint density at radius 1 is 1.29 bits per heavy atom. The van der Waals surface area contributed by atoms with Crippen molar-refractivity contribution in [2.75, 3.05) is 37.9 Å². The van der Waals surface area contributed by atoms with Crippen molar-refractivity contribution in [1.29, 1.82) is 0 Å². The van der Waals surface area contributed by atoms with Gasteiger partial charge in [-0.1, -0.05) is 0 Å². The molecular formula is C13H20F3N3O2. The Morgan fingerprint density at radius 3 is 2.43 bits per heavy atom. The van der Waals surface area contributed by atoms with E-state index in [0.29, 0.717) is 13.0 Å². The number of ether oxygens (including phenoxy) is 1. The second kappa shape index (κ2) is 6.95. The topological polar surface area (TPSA) is 66.4 Å². The van der Waals surface area contributed by atoms with Gasteiger partial charge in [0.1, 0.15) is 11.6 Å². The first-order valence-electron chi connectivity index (χ1n) is 6.40. The SMILES string of the molecule is CNc1cc(C(F)(F)F)cc(NCC(C)(O)CCOC)n1. The van der Waals surface area contributed by atoms with Crippen LogP contribution in [0.15, 0.2) is 12.1 Å². The van der Waals surface area contributed by atoms with Gasteiger partial charge in [-0.3, -0.25) is 0 Å². The molecule has 120 valence electrons. The highest BCUT2D eigenvalue weighted by Gasteiger charge is 2.31. The van der Waals surface area contributed by atoms with E-state index >= 15 is 0 Å². The molecule has 0 saturated heterocycles. The largest absolute Gasteiger partial charge is 0.416 e. The number of aliphatic hydroxyl groups is 1. The van der Waals surface area contributed by atoms with Crippen LogP contribution in [0.4, 0.5) is 24.8 Å². The number of alkyl halides is 3. The zero-order valence-electron chi connectivity index (χ0n) is 12.2. The molecule has 1 aromatic rings. The third kappa shape index (κ3) is 5.76. The highest BCUT2D eigenvalue weighted by Crippen LogP contribution is 2.32. The van der Waals surface area contributed by atoms with Crippen LogP contribution < -0.4 is 10.6 Å². The first kappa shape index (κ1) is 17.5. The number of methoxy groups -OCH3 is 1. The molecule has 1 aromatic heterocycles. The summed E-state index contributed by atoms with van der Waals surface area (Å²) in [5.74, 6) is 0.149. The van der Waals surface area contributed by atoms with Gasteiger partial charge in [-0.05, 0) is 19.1 Å². The molecule has 1 rings (SSSR count). The van der Waals surface area contributed by atoms with E-state index in [-0.39, 0.29) is 18.2 Å². The molecule has 5 nitrogen and oxygen atoms in total. The van der Waals surface area contributed by atoms with Gasteiger partial charge in [-0.2, -0.15) is 13.2 Å². The van der Waals surface area contributed by atoms with Gasteiger partial charge in [0.25, 0.3) is 0 Å². The Hall–Kier alpha value is -1.54. The van der Waals surface area contributed by atoms with Crippen LogP contribution in [-0.2, 0) is 10.9 Å². The average molecular weight is 307 g/mol. The fourth-order valence-corrected chi connectivity index (χ4v) is 1.60. The first-order chi connectivity index (χ1) is 9.68. The van der Waals surface area contributed by atoms with Crippen molar-refractivity contribution in [3.63, 3.8) is 0 Å². The molecule has 0 aliphatic heterocycles. The van der Waals surface area contributed by atoms with Gasteiger partial charge in [-0.25, -0.2) is 4.98 Å². The molecule has 1 heterocycles. The van der Waals surface area contributed by atoms with E-state index < -0.39 is 17.3 Å². The van der Waals surface area contributed by atoms with Crippen LogP contribution in [0.2, 0.25) is 0 Å². The summed E-state index contributed by atoms with van der Waals surface area (Å²) < 4.78 is 43.2. The van der Waals surface area contributed by atoms with E-state index in [0.717, 1.165) is 12.1 Å². The van der Waals surface area contributed by atoms with Crippen molar-refractivity contribution in [3.05, 3.63) is 17.7 Å². The standard InChI is InChI=1S/C13H20F3N3O2/c1-12(20,4-5-21-3)8-18-11-7-9(13(14,15)16)6-10(17-2)19-11/h6-7,20H,4-5,8H2,1-3H3,(H2,17,18,19). The van der Waals surface area contributed by atoms with E-state index in [1.165, 1.54) is 14.2 Å². The molecule has 0 saturated carbocycles. The third-order valence-corrected chi connectivity index (χ3v) is 2.90. The fraction of sp³-hybridized carbons (Fsp3) is 0.615. The van der Waals surface area contributed by atoms with Crippen molar-refractivity contribution in [2.45, 2.75) is 25.1 Å². The van der Waals surface area contributed by atoms with Gasteiger partial charge in [0.05, 0.1) is 11.2 Å². The number of nitrogens with zero attached hydrogens (tertiary/aromatic N) is 1. The quantitative estimate of drug-likeness (QED) is 0.721. The molecule has 0 aliphatic carbocycles. The highest BCUT2D eigenvalue weighted by atomic mass is 19.4. The number of anilines is 2. The van der Waals surface area contributed by atoms with Crippen LogP contribution in [0.5, 0.6) is 0 Å². The number of hydrogen-bond acceptors (Lipinski definition) is 5. The lowest BCUT2D eigenvalue weighted by Gasteiger charge is -2.24. The van der Waals surface area contributed by atoms with Crippen molar-refractivity contribution in [1.82, 2.24) is 4.98 Å². The fourth-order valence-electron chi connectivity index (χ4n) is 1.60. The number of pyridine rings is 1. The van der Waals surface area contributed by atoms with Crippen molar-refractivity contribution in [2.24, 2.45) is 0 Å². The number of nitrogens with one attached hydrogen (secondary N) is 2. The average Bonchev–Trinajstić information content (AvgIpc) is 2.42. The molecule has 21 heavy (non-hydrogen) atoms. The van der Waals surface area contributed by atoms with Crippen LogP contribution in [0.1, 0.15) is 18.9 Å². The van der Waals surface area contributed by atoms with Gasteiger partial charge in [0.15, 0.2) is 0 Å². The van der Waals surface area contributed by atoms with Gasteiger partial charge < -0.3 is 20.5 Å². The highest BCUT2D eigenvalue weighted by molar-refractivity contribution is 5.49. The van der Waals surface area contributed by atoms with Crippen LogP contribution in [0.3, 0.4) is 0 Å². The summed E-state index contributed by atoms with van der Waals surface area (Å²) in [6, 6.07) is 1.83. The maximum Gasteiger partial charge on any atom is 0.416 e. The minimum atomic E-state index is -4.45. The maximum atomic E-state index is 12.8. The second-order valence-electron chi connectivity index (χ2n) is 4.97. The predicted octanol–water partition coefficient (Wildman–Crippen LogP) is 2.34. The lowest BCUT2D eigenvalue weighted by Crippen LogP contribution is -2.35. The number of rotatable bonds is 7. The summed E-state index contributed by atoms with van der Waals surface area (Å²) in [6.07, 6.45) is -4.10. The zero-order chi connectivity index (χ0) is 16.1. The first-order valence-corrected chi connectivity index (χ1v) is 6.40. The smallest absolute Gasteiger partial charge is 0.388 e. The number of hydrogen-bond donors (Lipinski definition) is 3. The summed E-state index contributed by atoms with van der Waals surface area (Å²) in [5, 5.41) is 15.4. The third-order valence-electron chi connectivity index (χ3n) is 2.90.